The maximum atomic E-state index is 14.2. The van der Waals surface area contributed by atoms with Crippen LogP contribution in [-0.2, 0) is 24.3 Å². The number of fused-ring (bicyclic) bond motifs is 3. The molecule has 5 aromatic rings. The van der Waals surface area contributed by atoms with Crippen molar-refractivity contribution in [3.63, 3.8) is 0 Å². The fourth-order valence-corrected chi connectivity index (χ4v) is 4.70. The summed E-state index contributed by atoms with van der Waals surface area (Å²) in [6.45, 7) is 4.14. The van der Waals surface area contributed by atoms with E-state index in [-0.39, 0.29) is 30.1 Å². The van der Waals surface area contributed by atoms with Gasteiger partial charge in [-0.25, -0.2) is 9.37 Å². The van der Waals surface area contributed by atoms with E-state index in [1.807, 2.05) is 56.3 Å². The number of carbonyl (C=O) groups excluding carboxylic acids is 1. The number of rotatable bonds is 7. The summed E-state index contributed by atoms with van der Waals surface area (Å²) in [5.74, 6) is 0.00233. The number of aromatic nitrogens is 3. The Morgan fingerprint density at radius 1 is 1.11 bits per heavy atom. The third-order valence-electron chi connectivity index (χ3n) is 6.61. The Kier molecular flexibility index (Phi) is 6.48. The molecule has 8 heteroatoms. The van der Waals surface area contributed by atoms with Crippen LogP contribution in [0.3, 0.4) is 0 Å². The summed E-state index contributed by atoms with van der Waals surface area (Å²) in [6, 6.07) is 17.5. The average Bonchev–Trinajstić information content (AvgIpc) is 3.20. The van der Waals surface area contributed by atoms with Crippen LogP contribution in [0.25, 0.3) is 21.9 Å². The van der Waals surface area contributed by atoms with Gasteiger partial charge >= 0.3 is 0 Å². The molecule has 5 rings (SSSR count). The number of amides is 1. The average molecular weight is 499 g/mol. The van der Waals surface area contributed by atoms with Crippen LogP contribution < -0.4 is 15.6 Å². The van der Waals surface area contributed by atoms with Gasteiger partial charge in [0.05, 0.1) is 25.5 Å². The lowest BCUT2D eigenvalue weighted by atomic mass is 10.1. The summed E-state index contributed by atoms with van der Waals surface area (Å²) in [5.41, 5.74) is 4.53. The first-order chi connectivity index (χ1) is 17.9. The Morgan fingerprint density at radius 2 is 1.89 bits per heavy atom. The maximum absolute atomic E-state index is 14.2. The third kappa shape index (κ3) is 4.58. The van der Waals surface area contributed by atoms with Gasteiger partial charge in [-0.05, 0) is 60.4 Å². The molecule has 0 saturated heterocycles. The van der Waals surface area contributed by atoms with E-state index in [9.17, 15) is 14.0 Å². The van der Waals surface area contributed by atoms with Gasteiger partial charge in [0.1, 0.15) is 29.1 Å². The molecule has 0 saturated carbocycles. The van der Waals surface area contributed by atoms with Crippen LogP contribution in [0.15, 0.2) is 71.8 Å². The minimum absolute atomic E-state index is 0.118. The minimum atomic E-state index is -0.437. The van der Waals surface area contributed by atoms with Crippen molar-refractivity contribution < 1.29 is 13.9 Å². The van der Waals surface area contributed by atoms with E-state index in [2.05, 4.69) is 10.3 Å². The second-order valence-corrected chi connectivity index (χ2v) is 8.98. The smallest absolute Gasteiger partial charge is 0.278 e. The Morgan fingerprint density at radius 3 is 2.62 bits per heavy atom. The summed E-state index contributed by atoms with van der Waals surface area (Å²) in [6.07, 6.45) is 2.23. The third-order valence-corrected chi connectivity index (χ3v) is 6.61. The van der Waals surface area contributed by atoms with Gasteiger partial charge in [0.15, 0.2) is 0 Å². The molecule has 3 aromatic carbocycles. The molecule has 0 aliphatic rings. The molecule has 0 bridgehead atoms. The van der Waals surface area contributed by atoms with Gasteiger partial charge in [0.25, 0.3) is 5.56 Å². The molecule has 0 aliphatic carbocycles. The Hall–Kier alpha value is -4.46. The zero-order chi connectivity index (χ0) is 26.1. The highest BCUT2D eigenvalue weighted by Crippen LogP contribution is 2.27. The molecule has 2 aromatic heterocycles. The van der Waals surface area contributed by atoms with E-state index in [0.717, 1.165) is 34.5 Å². The molecular formula is C29H27FN4O3. The normalized spacial score (nSPS) is 11.2. The highest BCUT2D eigenvalue weighted by Gasteiger charge is 2.20. The number of benzene rings is 3. The molecule has 7 nitrogen and oxygen atoms in total. The second kappa shape index (κ2) is 9.89. The minimum Gasteiger partial charge on any atom is -0.497 e. The molecule has 0 aliphatic heterocycles. The van der Waals surface area contributed by atoms with Crippen molar-refractivity contribution >= 4 is 33.5 Å². The lowest BCUT2D eigenvalue weighted by molar-refractivity contribution is -0.116. The van der Waals surface area contributed by atoms with E-state index in [1.54, 1.807) is 17.7 Å². The van der Waals surface area contributed by atoms with Crippen LogP contribution in [0.1, 0.15) is 23.6 Å². The number of ether oxygens (including phenoxy) is 1. The quantitative estimate of drug-likeness (QED) is 0.340. The molecule has 0 radical (unpaired) electrons. The lowest BCUT2D eigenvalue weighted by Crippen LogP contribution is -2.26. The van der Waals surface area contributed by atoms with Crippen LogP contribution in [-0.4, -0.2) is 27.1 Å². The van der Waals surface area contributed by atoms with E-state index < -0.39 is 5.82 Å². The van der Waals surface area contributed by atoms with Gasteiger partial charge in [0.2, 0.25) is 5.91 Å². The van der Waals surface area contributed by atoms with Crippen LogP contribution in [0.5, 0.6) is 5.75 Å². The predicted octanol–water partition coefficient (Wildman–Crippen LogP) is 5.06. The Balaban J connectivity index is 1.58. The van der Waals surface area contributed by atoms with Crippen LogP contribution in [0.2, 0.25) is 0 Å². The van der Waals surface area contributed by atoms with Gasteiger partial charge < -0.3 is 14.6 Å². The predicted molar refractivity (Wildman–Crippen MR) is 143 cm³/mol. The number of hydrogen-bond acceptors (Lipinski definition) is 4. The van der Waals surface area contributed by atoms with Gasteiger partial charge in [-0.2, -0.15) is 0 Å². The number of aryl methyl sites for hydroxylation is 2. The van der Waals surface area contributed by atoms with Crippen molar-refractivity contribution in [1.82, 2.24) is 14.1 Å². The van der Waals surface area contributed by atoms with Gasteiger partial charge in [-0.3, -0.25) is 14.2 Å². The molecule has 0 fully saturated rings. The topological polar surface area (TPSA) is 78.2 Å². The van der Waals surface area contributed by atoms with E-state index >= 15 is 0 Å². The van der Waals surface area contributed by atoms with Crippen molar-refractivity contribution in [3.05, 3.63) is 99.9 Å². The molecule has 1 amide bonds. The molecule has 0 spiro atoms. The summed E-state index contributed by atoms with van der Waals surface area (Å²) >= 11 is 0. The highest BCUT2D eigenvalue weighted by molar-refractivity contribution is 6.06. The number of methoxy groups -OCH3 is 1. The van der Waals surface area contributed by atoms with E-state index in [0.29, 0.717) is 16.4 Å². The lowest BCUT2D eigenvalue weighted by Gasteiger charge is -2.14. The summed E-state index contributed by atoms with van der Waals surface area (Å²) in [4.78, 5) is 31.4. The van der Waals surface area contributed by atoms with Crippen molar-refractivity contribution in [2.45, 2.75) is 33.4 Å². The monoisotopic (exact) mass is 498 g/mol. The summed E-state index contributed by atoms with van der Waals surface area (Å²) < 4.78 is 22.5. The number of nitrogens with one attached hydrogen (secondary N) is 1. The Bertz CT molecular complexity index is 1690. The number of para-hydroxylation sites is 1. The van der Waals surface area contributed by atoms with Gasteiger partial charge in [-0.15, -0.1) is 0 Å². The van der Waals surface area contributed by atoms with E-state index in [4.69, 9.17) is 4.74 Å². The summed E-state index contributed by atoms with van der Waals surface area (Å²) in [7, 11) is 1.59. The zero-order valence-corrected chi connectivity index (χ0v) is 20.9. The fraction of sp³-hybridized carbons (Fsp3) is 0.207. The maximum Gasteiger partial charge on any atom is 0.278 e. The molecule has 0 atom stereocenters. The number of halogens is 1. The first-order valence-corrected chi connectivity index (χ1v) is 12.1. The van der Waals surface area contributed by atoms with Crippen LogP contribution in [0, 0.1) is 12.7 Å². The van der Waals surface area contributed by atoms with Crippen LogP contribution in [0.4, 0.5) is 10.1 Å². The number of nitrogens with zero attached hydrogens (tertiary/aromatic N) is 3. The SMILES string of the molecule is CCc1cccc(C)c1NC(=O)Cn1c2ccc(F)cc2c2ncn(Cc3ccc(OC)cc3)c(=O)c21. The first-order valence-electron chi connectivity index (χ1n) is 12.1. The molecular weight excluding hydrogens is 471 g/mol. The molecule has 188 valence electrons. The molecule has 37 heavy (non-hydrogen) atoms. The highest BCUT2D eigenvalue weighted by atomic mass is 19.1. The number of hydrogen-bond donors (Lipinski definition) is 1. The largest absolute Gasteiger partial charge is 0.497 e. The zero-order valence-electron chi connectivity index (χ0n) is 20.9. The van der Waals surface area contributed by atoms with Gasteiger partial charge in [-0.1, -0.05) is 37.3 Å². The number of carbonyl (C=O) groups is 1. The first kappa shape index (κ1) is 24.2. The number of anilines is 1. The van der Waals surface area contributed by atoms with E-state index in [1.165, 1.54) is 23.0 Å². The van der Waals surface area contributed by atoms with Gasteiger partial charge in [0, 0.05) is 11.1 Å². The van der Waals surface area contributed by atoms with Crippen molar-refractivity contribution in [1.29, 1.82) is 0 Å². The fourth-order valence-electron chi connectivity index (χ4n) is 4.70. The molecule has 2 heterocycles. The molecule has 0 unspecified atom stereocenters. The van der Waals surface area contributed by atoms with Crippen LogP contribution >= 0.6 is 0 Å². The van der Waals surface area contributed by atoms with Crippen molar-refractivity contribution in [2.75, 3.05) is 12.4 Å². The standard InChI is InChI=1S/C29H27FN4O3/c1-4-20-7-5-6-18(2)26(20)32-25(35)16-34-24-13-10-21(30)14-23(24)27-28(34)29(36)33(17-31-27)15-19-8-11-22(37-3)12-9-19/h5-14,17H,4,15-16H2,1-3H3,(H,32,35). The van der Waals surface area contributed by atoms with Crippen molar-refractivity contribution in [3.8, 4) is 5.75 Å². The summed E-state index contributed by atoms with van der Waals surface area (Å²) in [5, 5.41) is 3.51. The second-order valence-electron chi connectivity index (χ2n) is 8.98. The van der Waals surface area contributed by atoms with Crippen molar-refractivity contribution in [2.24, 2.45) is 0 Å². The molecule has 1 N–H and O–H groups in total. The Labute approximate surface area is 213 Å².